The average Bonchev–Trinajstić information content (AvgIpc) is 1.94. The highest BCUT2D eigenvalue weighted by atomic mass is 16.1. The summed E-state index contributed by atoms with van der Waals surface area (Å²) in [5.41, 5.74) is -0.421. The molecule has 0 bridgehead atoms. The molecule has 0 aliphatic heterocycles. The fourth-order valence-corrected chi connectivity index (χ4v) is 0.291. The summed E-state index contributed by atoms with van der Waals surface area (Å²) in [5.74, 6) is 0. The van der Waals surface area contributed by atoms with Gasteiger partial charge in [-0.1, -0.05) is 0 Å². The molecule has 0 spiro atoms. The highest BCUT2D eigenvalue weighted by Gasteiger charge is 1.73. The molecule has 0 atom stereocenters. The Labute approximate surface area is 45.2 Å². The molecular formula is C4H3N3O. The van der Waals surface area contributed by atoms with Gasteiger partial charge in [0.1, 0.15) is 0 Å². The van der Waals surface area contributed by atoms with Crippen molar-refractivity contribution >= 4 is 0 Å². The third-order valence-electron chi connectivity index (χ3n) is 0.561. The first kappa shape index (κ1) is 4.83. The van der Waals surface area contributed by atoms with E-state index in [1.165, 1.54) is 12.4 Å². The summed E-state index contributed by atoms with van der Waals surface area (Å²) < 4.78 is 0. The minimum absolute atomic E-state index is 0.421. The first-order valence-electron chi connectivity index (χ1n) is 2.02. The lowest BCUT2D eigenvalue weighted by Gasteiger charge is -1.55. The highest BCUT2D eigenvalue weighted by Crippen LogP contribution is 1.56. The standard InChI is InChI=1S/C4H3N3O/c8-4-3-5-1-2-6-7-4/h1-3H. The van der Waals surface area contributed by atoms with Crippen LogP contribution in [-0.2, 0) is 0 Å². The van der Waals surface area contributed by atoms with E-state index >= 15 is 0 Å². The molecule has 0 unspecified atom stereocenters. The summed E-state index contributed by atoms with van der Waals surface area (Å²) in [6, 6.07) is 0. The molecule has 0 saturated carbocycles. The van der Waals surface area contributed by atoms with Crippen molar-refractivity contribution in [3.8, 4) is 0 Å². The van der Waals surface area contributed by atoms with Gasteiger partial charge in [-0.15, -0.1) is 5.10 Å². The highest BCUT2D eigenvalue weighted by molar-refractivity contribution is 4.67. The number of aromatic nitrogens is 3. The van der Waals surface area contributed by atoms with Gasteiger partial charge in [0, 0.05) is 6.20 Å². The molecule has 40 valence electrons. The fourth-order valence-electron chi connectivity index (χ4n) is 0.291. The maximum Gasteiger partial charge on any atom is 0.306 e. The molecule has 4 nitrogen and oxygen atoms in total. The van der Waals surface area contributed by atoms with Gasteiger partial charge in [0.15, 0.2) is 0 Å². The van der Waals surface area contributed by atoms with Crippen molar-refractivity contribution in [2.75, 3.05) is 0 Å². The second kappa shape index (κ2) is 2.11. The molecule has 0 aliphatic rings. The minimum atomic E-state index is -0.421. The van der Waals surface area contributed by atoms with Crippen LogP contribution in [0.15, 0.2) is 23.4 Å². The Hall–Kier alpha value is -1.32. The predicted octanol–water partition coefficient (Wildman–Crippen LogP) is -0.768. The normalized spacial score (nSPS) is 8.50. The van der Waals surface area contributed by atoms with Crippen LogP contribution < -0.4 is 5.56 Å². The number of hydrogen-bond acceptors (Lipinski definition) is 4. The first-order valence-corrected chi connectivity index (χ1v) is 2.02. The molecule has 0 saturated heterocycles. The fraction of sp³-hybridized carbons (Fsp3) is 0. The number of hydrogen-bond donors (Lipinski definition) is 0. The van der Waals surface area contributed by atoms with Crippen molar-refractivity contribution in [1.29, 1.82) is 0 Å². The van der Waals surface area contributed by atoms with Crippen LogP contribution in [0.25, 0.3) is 0 Å². The Kier molecular flexibility index (Phi) is 1.27. The van der Waals surface area contributed by atoms with Crippen molar-refractivity contribution in [2.24, 2.45) is 0 Å². The van der Waals surface area contributed by atoms with E-state index in [-0.39, 0.29) is 0 Å². The van der Waals surface area contributed by atoms with Crippen molar-refractivity contribution in [3.63, 3.8) is 0 Å². The molecule has 1 aromatic rings. The number of rotatable bonds is 0. The van der Waals surface area contributed by atoms with Gasteiger partial charge >= 0.3 is 5.56 Å². The van der Waals surface area contributed by atoms with Crippen molar-refractivity contribution in [1.82, 2.24) is 15.2 Å². The van der Waals surface area contributed by atoms with E-state index in [0.29, 0.717) is 0 Å². The van der Waals surface area contributed by atoms with Crippen LogP contribution >= 0.6 is 0 Å². The molecule has 0 radical (unpaired) electrons. The van der Waals surface area contributed by atoms with Crippen LogP contribution in [0.1, 0.15) is 0 Å². The zero-order valence-electron chi connectivity index (χ0n) is 3.98. The number of nitrogens with zero attached hydrogens (tertiary/aromatic N) is 3. The molecule has 0 amide bonds. The van der Waals surface area contributed by atoms with E-state index in [0.717, 1.165) is 6.20 Å². The zero-order valence-corrected chi connectivity index (χ0v) is 3.98. The molecule has 4 heteroatoms. The minimum Gasteiger partial charge on any atom is -0.264 e. The second-order valence-corrected chi connectivity index (χ2v) is 1.13. The third kappa shape index (κ3) is 1.07. The third-order valence-corrected chi connectivity index (χ3v) is 0.561. The molecule has 0 aromatic carbocycles. The lowest BCUT2D eigenvalue weighted by Crippen LogP contribution is -1.99. The van der Waals surface area contributed by atoms with Crippen LogP contribution in [0.3, 0.4) is 0 Å². The van der Waals surface area contributed by atoms with Gasteiger partial charge in [0.05, 0.1) is 12.4 Å². The van der Waals surface area contributed by atoms with E-state index in [9.17, 15) is 4.79 Å². The van der Waals surface area contributed by atoms with E-state index in [1.54, 1.807) is 0 Å². The molecule has 0 aliphatic carbocycles. The Balaban J connectivity index is 3.32. The smallest absolute Gasteiger partial charge is 0.264 e. The SMILES string of the molecule is O=c1cnccnn1. The van der Waals surface area contributed by atoms with Gasteiger partial charge in [0.2, 0.25) is 0 Å². The molecule has 1 aromatic heterocycles. The Morgan fingerprint density at radius 2 is 2.25 bits per heavy atom. The summed E-state index contributed by atoms with van der Waals surface area (Å²) in [6.45, 7) is 0. The van der Waals surface area contributed by atoms with Crippen molar-refractivity contribution in [3.05, 3.63) is 28.9 Å². The predicted molar refractivity (Wildman–Crippen MR) is 26.1 cm³/mol. The molecule has 8 heavy (non-hydrogen) atoms. The molecule has 1 heterocycles. The van der Waals surface area contributed by atoms with Gasteiger partial charge in [-0.25, -0.2) is 0 Å². The topological polar surface area (TPSA) is 55.7 Å². The van der Waals surface area contributed by atoms with E-state index in [4.69, 9.17) is 0 Å². The van der Waals surface area contributed by atoms with Crippen LogP contribution in [0, 0.1) is 0 Å². The molecule has 1 rings (SSSR count). The molecular weight excluding hydrogens is 106 g/mol. The van der Waals surface area contributed by atoms with Gasteiger partial charge in [-0.3, -0.25) is 9.78 Å². The monoisotopic (exact) mass is 109 g/mol. The van der Waals surface area contributed by atoms with Crippen molar-refractivity contribution in [2.45, 2.75) is 0 Å². The van der Waals surface area contributed by atoms with Gasteiger partial charge in [0.25, 0.3) is 0 Å². The van der Waals surface area contributed by atoms with Crippen molar-refractivity contribution < 1.29 is 0 Å². The summed E-state index contributed by atoms with van der Waals surface area (Å²) in [5, 5.41) is 6.50. The van der Waals surface area contributed by atoms with Gasteiger partial charge < -0.3 is 0 Å². The molecule has 0 N–H and O–H groups in total. The van der Waals surface area contributed by atoms with Crippen LogP contribution in [0.4, 0.5) is 0 Å². The summed E-state index contributed by atoms with van der Waals surface area (Å²) >= 11 is 0. The Morgan fingerprint density at radius 1 is 1.38 bits per heavy atom. The van der Waals surface area contributed by atoms with Crippen LogP contribution in [0.2, 0.25) is 0 Å². The van der Waals surface area contributed by atoms with Gasteiger partial charge in [-0.05, 0) is 0 Å². The zero-order chi connectivity index (χ0) is 5.82. The molecule has 0 fully saturated rings. The van der Waals surface area contributed by atoms with Gasteiger partial charge in [-0.2, -0.15) is 5.10 Å². The lowest BCUT2D eigenvalue weighted by molar-refractivity contribution is 1.01. The maximum absolute atomic E-state index is 10.2. The average molecular weight is 109 g/mol. The first-order chi connectivity index (χ1) is 3.89. The lowest BCUT2D eigenvalue weighted by atomic mass is 10.9. The summed E-state index contributed by atoms with van der Waals surface area (Å²) in [4.78, 5) is 13.7. The largest absolute Gasteiger partial charge is 0.306 e. The summed E-state index contributed by atoms with van der Waals surface area (Å²) in [6.07, 6.45) is 3.85. The van der Waals surface area contributed by atoms with E-state index < -0.39 is 5.56 Å². The van der Waals surface area contributed by atoms with Crippen LogP contribution in [0.5, 0.6) is 0 Å². The Bertz CT molecular complexity index is 202. The summed E-state index contributed by atoms with van der Waals surface area (Å²) in [7, 11) is 0. The van der Waals surface area contributed by atoms with E-state index in [2.05, 4.69) is 15.2 Å². The van der Waals surface area contributed by atoms with E-state index in [1.807, 2.05) is 0 Å². The second-order valence-electron chi connectivity index (χ2n) is 1.13. The Morgan fingerprint density at radius 3 is 3.12 bits per heavy atom. The quantitative estimate of drug-likeness (QED) is 0.439. The maximum atomic E-state index is 10.2. The van der Waals surface area contributed by atoms with Crippen LogP contribution in [-0.4, -0.2) is 15.2 Å².